The van der Waals surface area contributed by atoms with Gasteiger partial charge in [-0.2, -0.15) is 0 Å². The second-order valence-corrected chi connectivity index (χ2v) is 6.85. The quantitative estimate of drug-likeness (QED) is 0.762. The number of benzene rings is 1. The molecule has 0 aliphatic heterocycles. The molecule has 0 spiro atoms. The van der Waals surface area contributed by atoms with E-state index in [0.717, 1.165) is 16.9 Å². The van der Waals surface area contributed by atoms with Gasteiger partial charge in [-0.25, -0.2) is 4.98 Å². The minimum absolute atomic E-state index is 0.108. The van der Waals surface area contributed by atoms with Gasteiger partial charge >= 0.3 is 0 Å². The number of hydrogen-bond acceptors (Lipinski definition) is 3. The molecule has 3 rings (SSSR count). The number of carbonyl (C=O) groups excluding carboxylic acids is 1. The van der Waals surface area contributed by atoms with E-state index in [-0.39, 0.29) is 23.9 Å². The number of rotatable bonds is 5. The molecule has 2 heterocycles. The van der Waals surface area contributed by atoms with Crippen molar-refractivity contribution in [1.82, 2.24) is 19.9 Å². The van der Waals surface area contributed by atoms with Gasteiger partial charge in [0.05, 0.1) is 17.1 Å². The summed E-state index contributed by atoms with van der Waals surface area (Å²) < 4.78 is 2.22. The lowest BCUT2D eigenvalue weighted by molar-refractivity contribution is 0.0921. The summed E-state index contributed by atoms with van der Waals surface area (Å²) >= 11 is 0. The summed E-state index contributed by atoms with van der Waals surface area (Å²) in [6.45, 7) is 8.47. The number of para-hydroxylation sites is 2. The van der Waals surface area contributed by atoms with Crippen molar-refractivity contribution in [3.8, 4) is 0 Å². The molecule has 1 aromatic carbocycles. The molecule has 0 bridgehead atoms. The Bertz CT molecular complexity index is 868. The molecule has 0 fully saturated rings. The van der Waals surface area contributed by atoms with Crippen LogP contribution in [0.1, 0.15) is 56.0 Å². The standard InChI is InChI=1S/C20H24N4O/c1-13(2)18(23-20(25)15-9-11-21-12-10-15)19-22-16-7-5-6-8-17(16)24(19)14(3)4/h5-14,18H,1-4H3,(H,23,25). The van der Waals surface area contributed by atoms with Crippen molar-refractivity contribution in [2.24, 2.45) is 5.92 Å². The van der Waals surface area contributed by atoms with Gasteiger partial charge in [-0.1, -0.05) is 26.0 Å². The summed E-state index contributed by atoms with van der Waals surface area (Å²) in [4.78, 5) is 21.5. The Morgan fingerprint density at radius 1 is 1.04 bits per heavy atom. The largest absolute Gasteiger partial charge is 0.342 e. The Morgan fingerprint density at radius 3 is 2.36 bits per heavy atom. The van der Waals surface area contributed by atoms with Gasteiger partial charge in [0.25, 0.3) is 5.91 Å². The SMILES string of the molecule is CC(C)C(NC(=O)c1ccncc1)c1nc2ccccc2n1C(C)C. The number of fused-ring (bicyclic) bond motifs is 1. The molecule has 2 aromatic heterocycles. The number of carbonyl (C=O) groups is 1. The summed E-state index contributed by atoms with van der Waals surface area (Å²) in [5.74, 6) is 0.997. The van der Waals surface area contributed by atoms with Crippen LogP contribution >= 0.6 is 0 Å². The Balaban J connectivity index is 2.03. The minimum atomic E-state index is -0.171. The highest BCUT2D eigenvalue weighted by Crippen LogP contribution is 2.29. The van der Waals surface area contributed by atoms with Crippen LogP contribution in [-0.2, 0) is 0 Å². The van der Waals surface area contributed by atoms with Gasteiger partial charge in [0.1, 0.15) is 5.82 Å². The lowest BCUT2D eigenvalue weighted by Gasteiger charge is -2.24. The third-order valence-electron chi connectivity index (χ3n) is 4.31. The fraction of sp³-hybridized carbons (Fsp3) is 0.350. The molecule has 0 aliphatic rings. The van der Waals surface area contributed by atoms with Crippen LogP contribution in [0.15, 0.2) is 48.8 Å². The fourth-order valence-corrected chi connectivity index (χ4v) is 3.08. The highest BCUT2D eigenvalue weighted by Gasteiger charge is 2.26. The van der Waals surface area contributed by atoms with E-state index in [4.69, 9.17) is 4.98 Å². The second-order valence-electron chi connectivity index (χ2n) is 6.85. The van der Waals surface area contributed by atoms with Crippen molar-refractivity contribution >= 4 is 16.9 Å². The molecule has 1 N–H and O–H groups in total. The Kier molecular flexibility index (Phi) is 4.83. The van der Waals surface area contributed by atoms with Gasteiger partial charge in [0.15, 0.2) is 0 Å². The molecule has 5 heteroatoms. The molecule has 25 heavy (non-hydrogen) atoms. The zero-order valence-corrected chi connectivity index (χ0v) is 15.1. The molecule has 130 valence electrons. The summed E-state index contributed by atoms with van der Waals surface area (Å²) in [5.41, 5.74) is 2.65. The van der Waals surface area contributed by atoms with Crippen molar-refractivity contribution in [2.45, 2.75) is 39.8 Å². The molecule has 1 unspecified atom stereocenters. The lowest BCUT2D eigenvalue weighted by atomic mass is 10.0. The summed E-state index contributed by atoms with van der Waals surface area (Å²) in [7, 11) is 0. The van der Waals surface area contributed by atoms with Crippen LogP contribution in [-0.4, -0.2) is 20.4 Å². The van der Waals surface area contributed by atoms with Crippen LogP contribution in [0.5, 0.6) is 0 Å². The third kappa shape index (κ3) is 3.40. The van der Waals surface area contributed by atoms with Gasteiger partial charge in [0.2, 0.25) is 0 Å². The maximum atomic E-state index is 12.7. The Labute approximate surface area is 148 Å². The number of nitrogens with zero attached hydrogens (tertiary/aromatic N) is 3. The summed E-state index contributed by atoms with van der Waals surface area (Å²) in [6.07, 6.45) is 3.26. The van der Waals surface area contributed by atoms with Crippen LogP contribution in [0.25, 0.3) is 11.0 Å². The maximum absolute atomic E-state index is 12.7. The van der Waals surface area contributed by atoms with E-state index in [1.807, 2.05) is 18.2 Å². The van der Waals surface area contributed by atoms with Crippen molar-refractivity contribution < 1.29 is 4.79 Å². The molecular weight excluding hydrogens is 312 g/mol. The maximum Gasteiger partial charge on any atom is 0.251 e. The summed E-state index contributed by atoms with van der Waals surface area (Å²) in [5, 5.41) is 3.16. The van der Waals surface area contributed by atoms with Crippen LogP contribution in [0.3, 0.4) is 0 Å². The number of amides is 1. The van der Waals surface area contributed by atoms with E-state index in [1.165, 1.54) is 0 Å². The monoisotopic (exact) mass is 336 g/mol. The van der Waals surface area contributed by atoms with Crippen LogP contribution in [0, 0.1) is 5.92 Å². The zero-order valence-electron chi connectivity index (χ0n) is 15.1. The van der Waals surface area contributed by atoms with Gasteiger partial charge in [0, 0.05) is 24.0 Å². The Morgan fingerprint density at radius 2 is 1.72 bits per heavy atom. The van der Waals surface area contributed by atoms with Gasteiger partial charge in [-0.3, -0.25) is 9.78 Å². The minimum Gasteiger partial charge on any atom is -0.342 e. The average Bonchev–Trinajstić information content (AvgIpc) is 2.99. The van der Waals surface area contributed by atoms with Crippen LogP contribution in [0.2, 0.25) is 0 Å². The normalized spacial score (nSPS) is 12.7. The Hall–Kier alpha value is -2.69. The topological polar surface area (TPSA) is 59.8 Å². The highest BCUT2D eigenvalue weighted by molar-refractivity contribution is 5.94. The first-order valence-electron chi connectivity index (χ1n) is 8.66. The van der Waals surface area contributed by atoms with Gasteiger partial charge in [-0.05, 0) is 44.0 Å². The van der Waals surface area contributed by atoms with Crippen molar-refractivity contribution in [3.05, 3.63) is 60.2 Å². The number of aromatic nitrogens is 3. The van der Waals surface area contributed by atoms with E-state index < -0.39 is 0 Å². The molecule has 0 saturated heterocycles. The molecule has 0 aliphatic carbocycles. The average molecular weight is 336 g/mol. The van der Waals surface area contributed by atoms with Crippen LogP contribution < -0.4 is 5.32 Å². The van der Waals surface area contributed by atoms with Gasteiger partial charge < -0.3 is 9.88 Å². The molecule has 0 radical (unpaired) electrons. The first-order chi connectivity index (χ1) is 12.0. The van der Waals surface area contributed by atoms with Crippen molar-refractivity contribution in [1.29, 1.82) is 0 Å². The molecule has 0 saturated carbocycles. The molecule has 1 atom stereocenters. The van der Waals surface area contributed by atoms with E-state index >= 15 is 0 Å². The third-order valence-corrected chi connectivity index (χ3v) is 4.31. The van der Waals surface area contributed by atoms with E-state index in [9.17, 15) is 4.79 Å². The zero-order chi connectivity index (χ0) is 18.0. The fourth-order valence-electron chi connectivity index (χ4n) is 3.08. The smallest absolute Gasteiger partial charge is 0.251 e. The van der Waals surface area contributed by atoms with Crippen molar-refractivity contribution in [3.63, 3.8) is 0 Å². The van der Waals surface area contributed by atoms with Crippen LogP contribution in [0.4, 0.5) is 0 Å². The van der Waals surface area contributed by atoms with Crippen molar-refractivity contribution in [2.75, 3.05) is 0 Å². The van der Waals surface area contributed by atoms with Gasteiger partial charge in [-0.15, -0.1) is 0 Å². The number of imidazole rings is 1. The molecule has 3 aromatic rings. The molecule has 1 amide bonds. The van der Waals surface area contributed by atoms with E-state index in [0.29, 0.717) is 5.56 Å². The molecule has 5 nitrogen and oxygen atoms in total. The number of pyridine rings is 1. The molecular formula is C20H24N4O. The first kappa shape index (κ1) is 17.1. The van der Waals surface area contributed by atoms with E-state index in [1.54, 1.807) is 24.5 Å². The number of hydrogen-bond donors (Lipinski definition) is 1. The number of nitrogens with one attached hydrogen (secondary N) is 1. The lowest BCUT2D eigenvalue weighted by Crippen LogP contribution is -2.34. The first-order valence-corrected chi connectivity index (χ1v) is 8.66. The predicted molar refractivity (Wildman–Crippen MR) is 99.4 cm³/mol. The second kappa shape index (κ2) is 7.05. The summed E-state index contributed by atoms with van der Waals surface area (Å²) in [6, 6.07) is 11.6. The van der Waals surface area contributed by atoms with E-state index in [2.05, 4.69) is 48.6 Å². The highest BCUT2D eigenvalue weighted by atomic mass is 16.1. The predicted octanol–water partition coefficient (Wildman–Crippen LogP) is 4.14.